The number of piperidine rings is 1. The fraction of sp³-hybridized carbons (Fsp3) is 0.895. The smallest absolute Gasteiger partial charge is 0.217 e. The number of halogens is 1. The molecule has 4 unspecified atom stereocenters. The minimum absolute atomic E-state index is 0. The van der Waals surface area contributed by atoms with Crippen LogP contribution in [0, 0.1) is 17.3 Å². The first kappa shape index (κ1) is 21.7. The molecule has 1 amide bonds. The first-order valence-corrected chi connectivity index (χ1v) is 9.89. The number of rotatable bonds is 4. The van der Waals surface area contributed by atoms with Crippen molar-refractivity contribution in [2.75, 3.05) is 26.2 Å². The van der Waals surface area contributed by atoms with E-state index in [1.165, 1.54) is 6.42 Å². The summed E-state index contributed by atoms with van der Waals surface area (Å²) in [6, 6.07) is 0.402. The van der Waals surface area contributed by atoms with Crippen LogP contribution in [-0.4, -0.2) is 55.2 Å². The van der Waals surface area contributed by atoms with Crippen LogP contribution in [0.25, 0.3) is 0 Å². The summed E-state index contributed by atoms with van der Waals surface area (Å²) in [7, 11) is 0. The summed E-state index contributed by atoms with van der Waals surface area (Å²) in [6.45, 7) is 10.2. The Bertz CT molecular complexity index is 526. The highest BCUT2D eigenvalue weighted by Crippen LogP contribution is 2.51. The molecule has 0 spiro atoms. The van der Waals surface area contributed by atoms with Crippen molar-refractivity contribution in [3.05, 3.63) is 0 Å². The van der Waals surface area contributed by atoms with Gasteiger partial charge in [-0.3, -0.25) is 9.79 Å². The van der Waals surface area contributed by atoms with Gasteiger partial charge in [-0.1, -0.05) is 13.8 Å². The second kappa shape index (κ2) is 9.08. The maximum Gasteiger partial charge on any atom is 0.217 e. The van der Waals surface area contributed by atoms with E-state index in [-0.39, 0.29) is 35.3 Å². The van der Waals surface area contributed by atoms with Gasteiger partial charge in [0, 0.05) is 50.0 Å². The number of nitrogens with zero attached hydrogens (tertiary/aromatic N) is 2. The van der Waals surface area contributed by atoms with Crippen molar-refractivity contribution in [1.82, 2.24) is 10.2 Å². The van der Waals surface area contributed by atoms with E-state index in [1.54, 1.807) is 0 Å². The van der Waals surface area contributed by atoms with Crippen LogP contribution in [0.1, 0.15) is 52.9 Å². The first-order valence-electron chi connectivity index (χ1n) is 9.89. The molecule has 0 aromatic heterocycles. The highest BCUT2D eigenvalue weighted by molar-refractivity contribution is 14.0. The Morgan fingerprint density at radius 3 is 2.81 bits per heavy atom. The second-order valence-electron chi connectivity index (χ2n) is 8.46. The molecule has 0 aromatic carbocycles. The Morgan fingerprint density at radius 1 is 1.35 bits per heavy atom. The molecule has 4 atom stereocenters. The van der Waals surface area contributed by atoms with Crippen LogP contribution in [-0.2, 0) is 9.53 Å². The molecular formula is C19H35IN4O2. The maximum atomic E-state index is 11.3. The lowest BCUT2D eigenvalue weighted by molar-refractivity contribution is -0.188. The third-order valence-corrected chi connectivity index (χ3v) is 6.23. The largest absolute Gasteiger partial charge is 0.377 e. The van der Waals surface area contributed by atoms with Crippen molar-refractivity contribution >= 4 is 35.8 Å². The quantitative estimate of drug-likeness (QED) is 0.370. The van der Waals surface area contributed by atoms with E-state index in [9.17, 15) is 4.79 Å². The summed E-state index contributed by atoms with van der Waals surface area (Å²) in [5, 5.41) is 3.77. The second-order valence-corrected chi connectivity index (χ2v) is 8.46. The van der Waals surface area contributed by atoms with Gasteiger partial charge in [0.25, 0.3) is 0 Å². The van der Waals surface area contributed by atoms with Crippen molar-refractivity contribution in [2.45, 2.75) is 65.0 Å². The van der Waals surface area contributed by atoms with Crippen molar-refractivity contribution < 1.29 is 9.53 Å². The number of primary amides is 1. The molecular weight excluding hydrogens is 443 g/mol. The van der Waals surface area contributed by atoms with Crippen LogP contribution in [0.3, 0.4) is 0 Å². The Balaban J connectivity index is 0.00000243. The van der Waals surface area contributed by atoms with E-state index in [0.717, 1.165) is 51.5 Å². The average molecular weight is 478 g/mol. The number of aliphatic imine (C=N–C) groups is 1. The lowest BCUT2D eigenvalue weighted by Gasteiger charge is -2.60. The topological polar surface area (TPSA) is 80.0 Å². The van der Waals surface area contributed by atoms with Gasteiger partial charge >= 0.3 is 0 Å². The number of nitrogens with one attached hydrogen (secondary N) is 1. The standard InChI is InChI=1S/C19H34N4O2.HI/c1-4-21-18(23-9-5-7-13(12-23)11-15(20)24)22-16-14-8-6-10-25-17(14)19(16,2)3;/h13-14,16-17H,4-12H2,1-3H3,(H2,20,24)(H,21,22);1H. The van der Waals surface area contributed by atoms with Crippen LogP contribution in [0.4, 0.5) is 0 Å². The molecule has 3 fully saturated rings. The molecule has 0 aromatic rings. The molecule has 6 nitrogen and oxygen atoms in total. The van der Waals surface area contributed by atoms with Crippen molar-refractivity contribution in [3.8, 4) is 0 Å². The minimum atomic E-state index is -0.198. The van der Waals surface area contributed by atoms with Crippen LogP contribution in [0.15, 0.2) is 4.99 Å². The molecule has 26 heavy (non-hydrogen) atoms. The van der Waals surface area contributed by atoms with Gasteiger partial charge in [-0.25, -0.2) is 0 Å². The zero-order chi connectivity index (χ0) is 18.0. The molecule has 7 heteroatoms. The van der Waals surface area contributed by atoms with Crippen LogP contribution >= 0.6 is 24.0 Å². The number of amides is 1. The predicted octanol–water partition coefficient (Wildman–Crippen LogP) is 2.36. The number of carbonyl (C=O) groups excluding carboxylic acids is 1. The normalized spacial score (nSPS) is 33.5. The lowest BCUT2D eigenvalue weighted by atomic mass is 9.55. The summed E-state index contributed by atoms with van der Waals surface area (Å²) >= 11 is 0. The van der Waals surface area contributed by atoms with E-state index in [2.05, 4.69) is 31.0 Å². The average Bonchev–Trinajstić information content (AvgIpc) is 2.58. The Kier molecular flexibility index (Phi) is 7.59. The van der Waals surface area contributed by atoms with E-state index < -0.39 is 0 Å². The summed E-state index contributed by atoms with van der Waals surface area (Å²) in [4.78, 5) is 18.4. The monoisotopic (exact) mass is 478 g/mol. The van der Waals surface area contributed by atoms with E-state index in [1.807, 2.05) is 0 Å². The molecule has 150 valence electrons. The molecule has 1 aliphatic carbocycles. The van der Waals surface area contributed by atoms with Gasteiger partial charge < -0.3 is 20.7 Å². The zero-order valence-electron chi connectivity index (χ0n) is 16.4. The highest BCUT2D eigenvalue weighted by Gasteiger charge is 2.58. The molecule has 2 heterocycles. The summed E-state index contributed by atoms with van der Waals surface area (Å²) in [5.74, 6) is 1.72. The molecule has 0 bridgehead atoms. The van der Waals surface area contributed by atoms with Crippen LogP contribution < -0.4 is 11.1 Å². The summed E-state index contributed by atoms with van der Waals surface area (Å²) in [6.07, 6.45) is 5.39. The highest BCUT2D eigenvalue weighted by atomic mass is 127. The lowest BCUT2D eigenvalue weighted by Crippen LogP contribution is -2.71. The van der Waals surface area contributed by atoms with E-state index in [0.29, 0.717) is 30.4 Å². The number of ether oxygens (including phenoxy) is 1. The predicted molar refractivity (Wildman–Crippen MR) is 115 cm³/mol. The fourth-order valence-electron chi connectivity index (χ4n) is 5.05. The molecule has 2 saturated heterocycles. The molecule has 3 rings (SSSR count). The maximum absolute atomic E-state index is 11.3. The van der Waals surface area contributed by atoms with Gasteiger partial charge in [0.1, 0.15) is 0 Å². The molecule has 3 aliphatic rings. The van der Waals surface area contributed by atoms with Gasteiger partial charge in [0.2, 0.25) is 5.91 Å². The zero-order valence-corrected chi connectivity index (χ0v) is 18.7. The van der Waals surface area contributed by atoms with Gasteiger partial charge in [-0.05, 0) is 38.5 Å². The summed E-state index contributed by atoms with van der Waals surface area (Å²) in [5.41, 5.74) is 5.53. The van der Waals surface area contributed by atoms with Crippen LogP contribution in [0.5, 0.6) is 0 Å². The fourth-order valence-corrected chi connectivity index (χ4v) is 5.05. The van der Waals surface area contributed by atoms with E-state index in [4.69, 9.17) is 15.5 Å². The van der Waals surface area contributed by atoms with E-state index >= 15 is 0 Å². The Labute approximate surface area is 174 Å². The SMILES string of the molecule is CCN=C(NC1C2CCCOC2C1(C)C)N1CCCC(CC(N)=O)C1.I. The number of fused-ring (bicyclic) bond motifs is 1. The molecule has 2 aliphatic heterocycles. The molecule has 1 saturated carbocycles. The van der Waals surface area contributed by atoms with Crippen molar-refractivity contribution in [3.63, 3.8) is 0 Å². The third kappa shape index (κ3) is 4.46. The Hall–Kier alpha value is -0.570. The van der Waals surface area contributed by atoms with Gasteiger partial charge in [-0.2, -0.15) is 0 Å². The number of guanidine groups is 1. The number of hydrogen-bond acceptors (Lipinski definition) is 3. The first-order chi connectivity index (χ1) is 11.9. The number of nitrogens with two attached hydrogens (primary N) is 1. The van der Waals surface area contributed by atoms with Crippen molar-refractivity contribution in [2.24, 2.45) is 28.0 Å². The summed E-state index contributed by atoms with van der Waals surface area (Å²) < 4.78 is 6.03. The van der Waals surface area contributed by atoms with Crippen molar-refractivity contribution in [1.29, 1.82) is 0 Å². The Morgan fingerprint density at radius 2 is 2.12 bits per heavy atom. The minimum Gasteiger partial charge on any atom is -0.377 e. The van der Waals surface area contributed by atoms with Gasteiger partial charge in [-0.15, -0.1) is 24.0 Å². The van der Waals surface area contributed by atoms with Crippen LogP contribution in [0.2, 0.25) is 0 Å². The third-order valence-electron chi connectivity index (χ3n) is 6.23. The van der Waals surface area contributed by atoms with Gasteiger partial charge in [0.15, 0.2) is 5.96 Å². The number of carbonyl (C=O) groups is 1. The number of likely N-dealkylation sites (tertiary alicyclic amines) is 1. The molecule has 3 N–H and O–H groups in total. The van der Waals surface area contributed by atoms with Gasteiger partial charge in [0.05, 0.1) is 6.10 Å². The molecule has 0 radical (unpaired) electrons. The number of hydrogen-bond donors (Lipinski definition) is 2.